The van der Waals surface area contributed by atoms with Gasteiger partial charge in [-0.3, -0.25) is 9.59 Å². The first-order chi connectivity index (χ1) is 11.8. The van der Waals surface area contributed by atoms with Gasteiger partial charge in [-0.15, -0.1) is 0 Å². The van der Waals surface area contributed by atoms with Crippen LogP contribution in [0.2, 0.25) is 0 Å². The highest BCUT2D eigenvalue weighted by Gasteiger charge is 2.54. The van der Waals surface area contributed by atoms with Crippen molar-refractivity contribution >= 4 is 11.6 Å². The standard InChI is InChI=1S/C19H30O6/c1-18-9-7-15(21)17(14(18)5-6-16(18)22)23-12-13(20)4-3-8-19(2)24-10-11-25-19/h13-14,17,20H,3-12H2,1-2H3. The minimum atomic E-state index is -0.622. The number of aliphatic hydroxyl groups excluding tert-OH is 1. The van der Waals surface area contributed by atoms with Crippen LogP contribution < -0.4 is 0 Å². The molecule has 3 aliphatic rings. The topological polar surface area (TPSA) is 82.1 Å². The summed E-state index contributed by atoms with van der Waals surface area (Å²) in [5.41, 5.74) is -0.421. The molecule has 1 N–H and O–H groups in total. The van der Waals surface area contributed by atoms with E-state index in [9.17, 15) is 14.7 Å². The Bertz CT molecular complexity index is 512. The molecule has 2 aliphatic carbocycles. The van der Waals surface area contributed by atoms with Gasteiger partial charge in [0.05, 0.1) is 25.9 Å². The van der Waals surface area contributed by atoms with Gasteiger partial charge in [-0.1, -0.05) is 6.92 Å². The Kier molecular flexibility index (Phi) is 5.63. The number of Topliss-reactive ketones (excluding diaryl/α,β-unsaturated/α-hetero) is 2. The number of rotatable bonds is 7. The maximum absolute atomic E-state index is 12.3. The van der Waals surface area contributed by atoms with E-state index in [0.29, 0.717) is 38.9 Å². The predicted molar refractivity (Wildman–Crippen MR) is 90.0 cm³/mol. The van der Waals surface area contributed by atoms with E-state index in [-0.39, 0.29) is 24.1 Å². The second kappa shape index (κ2) is 7.43. The number of hydrogen-bond acceptors (Lipinski definition) is 6. The highest BCUT2D eigenvalue weighted by molar-refractivity contribution is 5.93. The lowest BCUT2D eigenvalue weighted by molar-refractivity contribution is -0.152. The molecule has 0 aromatic rings. The molecule has 0 spiro atoms. The summed E-state index contributed by atoms with van der Waals surface area (Å²) in [5, 5.41) is 10.2. The summed E-state index contributed by atoms with van der Waals surface area (Å²) in [6.07, 6.45) is 3.18. The summed E-state index contributed by atoms with van der Waals surface area (Å²) in [5.74, 6) is -0.243. The van der Waals surface area contributed by atoms with Crippen LogP contribution in [0.25, 0.3) is 0 Å². The van der Waals surface area contributed by atoms with Crippen molar-refractivity contribution in [2.24, 2.45) is 11.3 Å². The molecule has 1 aliphatic heterocycles. The van der Waals surface area contributed by atoms with Gasteiger partial charge >= 0.3 is 0 Å². The lowest BCUT2D eigenvalue weighted by atomic mass is 9.67. The zero-order valence-electron chi connectivity index (χ0n) is 15.3. The number of ketones is 2. The van der Waals surface area contributed by atoms with Gasteiger partial charge in [0, 0.05) is 30.6 Å². The number of hydrogen-bond donors (Lipinski definition) is 1. The van der Waals surface area contributed by atoms with Crippen LogP contribution in [0.4, 0.5) is 0 Å². The largest absolute Gasteiger partial charge is 0.391 e. The Morgan fingerprint density at radius 2 is 1.96 bits per heavy atom. The molecule has 6 nitrogen and oxygen atoms in total. The maximum atomic E-state index is 12.3. The third kappa shape index (κ3) is 3.97. The smallest absolute Gasteiger partial charge is 0.165 e. The van der Waals surface area contributed by atoms with Crippen molar-refractivity contribution in [1.82, 2.24) is 0 Å². The van der Waals surface area contributed by atoms with Crippen LogP contribution in [0.5, 0.6) is 0 Å². The zero-order valence-corrected chi connectivity index (χ0v) is 15.3. The third-order valence-corrected chi connectivity index (χ3v) is 6.25. The van der Waals surface area contributed by atoms with Gasteiger partial charge in [-0.05, 0) is 32.6 Å². The molecule has 2 saturated carbocycles. The van der Waals surface area contributed by atoms with Crippen LogP contribution in [0, 0.1) is 11.3 Å². The number of ether oxygens (including phenoxy) is 3. The molecule has 0 amide bonds. The van der Waals surface area contributed by atoms with Crippen LogP contribution in [-0.4, -0.2) is 54.5 Å². The van der Waals surface area contributed by atoms with Crippen molar-refractivity contribution in [1.29, 1.82) is 0 Å². The fourth-order valence-corrected chi connectivity index (χ4v) is 4.52. The second-order valence-corrected chi connectivity index (χ2v) is 8.08. The first-order valence-corrected chi connectivity index (χ1v) is 9.48. The average molecular weight is 354 g/mol. The van der Waals surface area contributed by atoms with Crippen molar-refractivity contribution < 1.29 is 28.9 Å². The fourth-order valence-electron chi connectivity index (χ4n) is 4.52. The lowest BCUT2D eigenvalue weighted by Crippen LogP contribution is -2.47. The normalized spacial score (nSPS) is 35.8. The number of fused-ring (bicyclic) bond motifs is 1. The van der Waals surface area contributed by atoms with E-state index in [1.54, 1.807) is 0 Å². The summed E-state index contributed by atoms with van der Waals surface area (Å²) in [6.45, 7) is 5.25. The van der Waals surface area contributed by atoms with Crippen LogP contribution in [0.3, 0.4) is 0 Å². The minimum Gasteiger partial charge on any atom is -0.391 e. The summed E-state index contributed by atoms with van der Waals surface area (Å²) >= 11 is 0. The summed E-state index contributed by atoms with van der Waals surface area (Å²) in [4.78, 5) is 24.5. The highest BCUT2D eigenvalue weighted by atomic mass is 16.7. The minimum absolute atomic E-state index is 0.0346. The number of aliphatic hydroxyl groups is 1. The van der Waals surface area contributed by atoms with E-state index >= 15 is 0 Å². The van der Waals surface area contributed by atoms with E-state index in [1.165, 1.54) is 0 Å². The van der Waals surface area contributed by atoms with Gasteiger partial charge in [0.2, 0.25) is 0 Å². The Hall–Kier alpha value is -0.820. The molecule has 0 radical (unpaired) electrons. The Morgan fingerprint density at radius 3 is 2.68 bits per heavy atom. The number of carbonyl (C=O) groups excluding carboxylic acids is 2. The molecule has 0 aromatic heterocycles. The second-order valence-electron chi connectivity index (χ2n) is 8.08. The number of carbonyl (C=O) groups is 2. The van der Waals surface area contributed by atoms with Crippen molar-refractivity contribution in [3.05, 3.63) is 0 Å². The molecule has 6 heteroatoms. The van der Waals surface area contributed by atoms with Crippen molar-refractivity contribution in [2.75, 3.05) is 19.8 Å². The quantitative estimate of drug-likeness (QED) is 0.753. The van der Waals surface area contributed by atoms with Gasteiger partial charge in [0.25, 0.3) is 0 Å². The molecule has 4 unspecified atom stereocenters. The molecule has 3 fully saturated rings. The molecular formula is C19H30O6. The van der Waals surface area contributed by atoms with E-state index in [1.807, 2.05) is 13.8 Å². The van der Waals surface area contributed by atoms with Gasteiger partial charge in [0.1, 0.15) is 11.9 Å². The fraction of sp³-hybridized carbons (Fsp3) is 0.895. The molecule has 142 valence electrons. The van der Waals surface area contributed by atoms with Gasteiger partial charge < -0.3 is 19.3 Å². The predicted octanol–water partition coefficient (Wildman–Crippen LogP) is 2.01. The molecule has 1 saturated heterocycles. The van der Waals surface area contributed by atoms with Crippen molar-refractivity contribution in [2.45, 2.75) is 76.8 Å². The first-order valence-electron chi connectivity index (χ1n) is 9.48. The molecule has 0 aromatic carbocycles. The van der Waals surface area contributed by atoms with Crippen molar-refractivity contribution in [3.8, 4) is 0 Å². The summed E-state index contributed by atoms with van der Waals surface area (Å²) in [7, 11) is 0. The maximum Gasteiger partial charge on any atom is 0.165 e. The van der Waals surface area contributed by atoms with Gasteiger partial charge in [-0.2, -0.15) is 0 Å². The van der Waals surface area contributed by atoms with E-state index in [2.05, 4.69) is 0 Å². The molecule has 1 heterocycles. The van der Waals surface area contributed by atoms with E-state index in [4.69, 9.17) is 14.2 Å². The third-order valence-electron chi connectivity index (χ3n) is 6.25. The summed E-state index contributed by atoms with van der Waals surface area (Å²) < 4.78 is 16.9. The Morgan fingerprint density at radius 1 is 1.24 bits per heavy atom. The van der Waals surface area contributed by atoms with Crippen LogP contribution in [0.15, 0.2) is 0 Å². The average Bonchev–Trinajstić information content (AvgIpc) is 3.12. The first kappa shape index (κ1) is 19.0. The van der Waals surface area contributed by atoms with Crippen LogP contribution >= 0.6 is 0 Å². The summed E-state index contributed by atoms with van der Waals surface area (Å²) in [6, 6.07) is 0. The molecule has 4 atom stereocenters. The van der Waals surface area contributed by atoms with Crippen LogP contribution in [-0.2, 0) is 23.8 Å². The van der Waals surface area contributed by atoms with E-state index in [0.717, 1.165) is 19.3 Å². The van der Waals surface area contributed by atoms with Crippen molar-refractivity contribution in [3.63, 3.8) is 0 Å². The van der Waals surface area contributed by atoms with E-state index < -0.39 is 23.4 Å². The Balaban J connectivity index is 1.45. The van der Waals surface area contributed by atoms with Gasteiger partial charge in [0.15, 0.2) is 11.6 Å². The SMILES string of the molecule is CC1(CCCC(O)COC2C(=O)CCC3(C)C(=O)CCC23)OCCO1. The molecular weight excluding hydrogens is 324 g/mol. The monoisotopic (exact) mass is 354 g/mol. The van der Waals surface area contributed by atoms with Crippen LogP contribution in [0.1, 0.15) is 58.8 Å². The van der Waals surface area contributed by atoms with Gasteiger partial charge in [-0.25, -0.2) is 0 Å². The zero-order chi connectivity index (χ0) is 18.1. The Labute approximate surface area is 149 Å². The molecule has 3 rings (SSSR count). The molecule has 25 heavy (non-hydrogen) atoms. The molecule has 0 bridgehead atoms. The highest BCUT2D eigenvalue weighted by Crippen LogP contribution is 2.49. The lowest BCUT2D eigenvalue weighted by Gasteiger charge is -2.39.